The van der Waals surface area contributed by atoms with Crippen LogP contribution in [-0.4, -0.2) is 36.3 Å². The summed E-state index contributed by atoms with van der Waals surface area (Å²) < 4.78 is 19.0. The van der Waals surface area contributed by atoms with Crippen molar-refractivity contribution in [1.29, 1.82) is 0 Å². The molecule has 22 heavy (non-hydrogen) atoms. The number of carbonyl (C=O) groups excluding carboxylic acids is 1. The molecule has 1 atom stereocenters. The van der Waals surface area contributed by atoms with Crippen molar-refractivity contribution in [2.24, 2.45) is 5.41 Å². The molecule has 0 aliphatic rings. The monoisotopic (exact) mass is 331 g/mol. The molecular formula is C15H19ClFNO4. The van der Waals surface area contributed by atoms with E-state index in [4.69, 9.17) is 21.4 Å². The van der Waals surface area contributed by atoms with Crippen LogP contribution in [0.25, 0.3) is 0 Å². The maximum Gasteiger partial charge on any atom is 0.338 e. The Hall–Kier alpha value is -1.82. The lowest BCUT2D eigenvalue weighted by Crippen LogP contribution is -2.43. The third-order valence-electron chi connectivity index (χ3n) is 3.09. The lowest BCUT2D eigenvalue weighted by molar-refractivity contribution is -0.147. The number of aliphatic carboxylic acids is 1. The first-order chi connectivity index (χ1) is 10.2. The van der Waals surface area contributed by atoms with Crippen molar-refractivity contribution in [1.82, 2.24) is 5.32 Å². The second-order valence-electron chi connectivity index (χ2n) is 5.45. The van der Waals surface area contributed by atoms with Gasteiger partial charge in [0, 0.05) is 17.0 Å². The van der Waals surface area contributed by atoms with Gasteiger partial charge in [-0.3, -0.25) is 4.79 Å². The Bertz CT molecular complexity index is 562. The fraction of sp³-hybridized carbons (Fsp3) is 0.467. The maximum atomic E-state index is 13.6. The number of rotatable bonds is 7. The molecule has 0 bridgehead atoms. The van der Waals surface area contributed by atoms with Crippen LogP contribution in [0.4, 0.5) is 4.39 Å². The molecule has 7 heteroatoms. The Balaban J connectivity index is 2.85. The first-order valence-electron chi connectivity index (χ1n) is 6.76. The zero-order chi connectivity index (χ0) is 16.9. The number of hydrogen-bond acceptors (Lipinski definition) is 3. The zero-order valence-electron chi connectivity index (χ0n) is 12.7. The van der Waals surface area contributed by atoms with E-state index in [1.165, 1.54) is 19.9 Å². The third kappa shape index (κ3) is 4.59. The van der Waals surface area contributed by atoms with Crippen LogP contribution in [0.5, 0.6) is 5.75 Å². The Morgan fingerprint density at radius 2 is 2.09 bits per heavy atom. The fourth-order valence-electron chi connectivity index (χ4n) is 1.79. The Labute approximate surface area is 133 Å². The molecule has 2 N–H and O–H groups in total. The summed E-state index contributed by atoms with van der Waals surface area (Å²) in [7, 11) is 0. The molecule has 0 heterocycles. The minimum atomic E-state index is -2.08. The van der Waals surface area contributed by atoms with Crippen LogP contribution in [0.15, 0.2) is 18.2 Å². The molecule has 0 aromatic heterocycles. The predicted octanol–water partition coefficient (Wildman–Crippen LogP) is 2.92. The molecule has 1 amide bonds. The molecule has 0 radical (unpaired) electrons. The minimum absolute atomic E-state index is 0.141. The van der Waals surface area contributed by atoms with Crippen LogP contribution in [0.2, 0.25) is 5.02 Å². The van der Waals surface area contributed by atoms with Gasteiger partial charge in [0.1, 0.15) is 5.75 Å². The molecular weight excluding hydrogens is 313 g/mol. The molecule has 0 spiro atoms. The van der Waals surface area contributed by atoms with E-state index >= 15 is 0 Å². The number of carboxylic acid groups (broad SMARTS) is 1. The molecule has 1 aromatic rings. The molecule has 0 saturated carbocycles. The first kappa shape index (κ1) is 18.2. The highest BCUT2D eigenvalue weighted by Crippen LogP contribution is 2.25. The average molecular weight is 332 g/mol. The van der Waals surface area contributed by atoms with Gasteiger partial charge in [-0.2, -0.15) is 0 Å². The van der Waals surface area contributed by atoms with E-state index in [1.54, 1.807) is 19.1 Å². The van der Waals surface area contributed by atoms with Crippen LogP contribution in [0, 0.1) is 5.41 Å². The van der Waals surface area contributed by atoms with E-state index in [-0.39, 0.29) is 12.1 Å². The standard InChI is InChI=1S/C15H19ClFNO4/c1-4-22-11-6-5-9(16)7-10(11)13(19)18-8-15(2,3)12(17)14(20)21/h5-7,12H,4,8H2,1-3H3,(H,18,19)(H,20,21). The van der Waals surface area contributed by atoms with Gasteiger partial charge in [0.2, 0.25) is 6.17 Å². The summed E-state index contributed by atoms with van der Waals surface area (Å²) >= 11 is 5.87. The van der Waals surface area contributed by atoms with E-state index in [2.05, 4.69) is 5.32 Å². The third-order valence-corrected chi connectivity index (χ3v) is 3.33. The lowest BCUT2D eigenvalue weighted by atomic mass is 9.87. The predicted molar refractivity (Wildman–Crippen MR) is 81.3 cm³/mol. The SMILES string of the molecule is CCOc1ccc(Cl)cc1C(=O)NCC(C)(C)C(F)C(=O)O. The Morgan fingerprint density at radius 1 is 1.45 bits per heavy atom. The summed E-state index contributed by atoms with van der Waals surface area (Å²) in [6.45, 7) is 4.86. The van der Waals surface area contributed by atoms with E-state index in [0.717, 1.165) is 0 Å². The van der Waals surface area contributed by atoms with Crippen molar-refractivity contribution in [2.75, 3.05) is 13.2 Å². The van der Waals surface area contributed by atoms with Gasteiger partial charge in [-0.1, -0.05) is 25.4 Å². The van der Waals surface area contributed by atoms with Crippen LogP contribution in [0.3, 0.4) is 0 Å². The highest BCUT2D eigenvalue weighted by atomic mass is 35.5. The summed E-state index contributed by atoms with van der Waals surface area (Å²) in [5.41, 5.74) is -1.03. The topological polar surface area (TPSA) is 75.6 Å². The number of ether oxygens (including phenoxy) is 1. The number of benzene rings is 1. The van der Waals surface area contributed by atoms with Gasteiger partial charge in [0.15, 0.2) is 0 Å². The summed E-state index contributed by atoms with van der Waals surface area (Å²) in [5, 5.41) is 11.6. The molecule has 0 fully saturated rings. The Kier molecular flexibility index (Phi) is 6.17. The number of halogens is 2. The number of carboxylic acids is 1. The summed E-state index contributed by atoms with van der Waals surface area (Å²) in [6.07, 6.45) is -2.08. The summed E-state index contributed by atoms with van der Waals surface area (Å²) in [4.78, 5) is 22.9. The van der Waals surface area contributed by atoms with Crippen LogP contribution < -0.4 is 10.1 Å². The second kappa shape index (κ2) is 7.45. The summed E-state index contributed by atoms with van der Waals surface area (Å²) in [5.74, 6) is -1.70. The van der Waals surface area contributed by atoms with Crippen molar-refractivity contribution in [3.63, 3.8) is 0 Å². The molecule has 122 valence electrons. The van der Waals surface area contributed by atoms with Gasteiger partial charge < -0.3 is 15.2 Å². The van der Waals surface area contributed by atoms with Gasteiger partial charge in [-0.15, -0.1) is 0 Å². The van der Waals surface area contributed by atoms with Crippen molar-refractivity contribution in [2.45, 2.75) is 26.9 Å². The highest BCUT2D eigenvalue weighted by Gasteiger charge is 2.36. The maximum absolute atomic E-state index is 13.6. The number of nitrogens with one attached hydrogen (secondary N) is 1. The van der Waals surface area contributed by atoms with Crippen molar-refractivity contribution < 1.29 is 23.8 Å². The van der Waals surface area contributed by atoms with E-state index in [1.807, 2.05) is 0 Å². The molecule has 5 nitrogen and oxygen atoms in total. The smallest absolute Gasteiger partial charge is 0.338 e. The average Bonchev–Trinajstić information content (AvgIpc) is 2.46. The quantitative estimate of drug-likeness (QED) is 0.805. The zero-order valence-corrected chi connectivity index (χ0v) is 13.4. The fourth-order valence-corrected chi connectivity index (χ4v) is 1.96. The van der Waals surface area contributed by atoms with Gasteiger partial charge >= 0.3 is 5.97 Å². The number of amides is 1. The lowest BCUT2D eigenvalue weighted by Gasteiger charge is -2.26. The number of hydrogen-bond donors (Lipinski definition) is 2. The van der Waals surface area contributed by atoms with E-state index < -0.39 is 23.5 Å². The first-order valence-corrected chi connectivity index (χ1v) is 7.14. The van der Waals surface area contributed by atoms with Gasteiger partial charge in [-0.25, -0.2) is 9.18 Å². The minimum Gasteiger partial charge on any atom is -0.493 e. The summed E-state index contributed by atoms with van der Waals surface area (Å²) in [6, 6.07) is 4.61. The Morgan fingerprint density at radius 3 is 2.64 bits per heavy atom. The van der Waals surface area contributed by atoms with Crippen molar-refractivity contribution in [3.05, 3.63) is 28.8 Å². The molecule has 1 aromatic carbocycles. The largest absolute Gasteiger partial charge is 0.493 e. The van der Waals surface area contributed by atoms with Crippen LogP contribution in [0.1, 0.15) is 31.1 Å². The van der Waals surface area contributed by atoms with Crippen molar-refractivity contribution in [3.8, 4) is 5.75 Å². The molecule has 0 saturated heterocycles. The molecule has 1 rings (SSSR count). The molecule has 0 aliphatic carbocycles. The van der Waals surface area contributed by atoms with Gasteiger partial charge in [0.25, 0.3) is 5.91 Å². The van der Waals surface area contributed by atoms with E-state index in [0.29, 0.717) is 17.4 Å². The van der Waals surface area contributed by atoms with Crippen LogP contribution in [-0.2, 0) is 4.79 Å². The van der Waals surface area contributed by atoms with Gasteiger partial charge in [0.05, 0.1) is 12.2 Å². The normalized spacial score (nSPS) is 12.6. The highest BCUT2D eigenvalue weighted by molar-refractivity contribution is 6.31. The number of alkyl halides is 1. The molecule has 1 unspecified atom stereocenters. The van der Waals surface area contributed by atoms with Crippen LogP contribution >= 0.6 is 11.6 Å². The van der Waals surface area contributed by atoms with Gasteiger partial charge in [-0.05, 0) is 25.1 Å². The number of carbonyl (C=O) groups is 2. The molecule has 0 aliphatic heterocycles. The second-order valence-corrected chi connectivity index (χ2v) is 5.88. The van der Waals surface area contributed by atoms with Crippen molar-refractivity contribution >= 4 is 23.5 Å². The van der Waals surface area contributed by atoms with E-state index in [9.17, 15) is 14.0 Å².